The third-order valence-electron chi connectivity index (χ3n) is 2.31. The Morgan fingerprint density at radius 3 is 3.00 bits per heavy atom. The van der Waals surface area contributed by atoms with Crippen molar-refractivity contribution in [2.45, 2.75) is 19.4 Å². The maximum atomic E-state index is 5.63. The molecule has 1 aromatic rings. The Hall–Kier alpha value is -1.36. The van der Waals surface area contributed by atoms with Crippen LogP contribution in [0, 0.1) is 6.92 Å². The van der Waals surface area contributed by atoms with E-state index in [1.165, 1.54) is 0 Å². The molecule has 82 valence electrons. The summed E-state index contributed by atoms with van der Waals surface area (Å²) < 4.78 is 10.7. The lowest BCUT2D eigenvalue weighted by molar-refractivity contribution is 0.201. The summed E-state index contributed by atoms with van der Waals surface area (Å²) in [5, 5.41) is 3.22. The van der Waals surface area contributed by atoms with Crippen molar-refractivity contribution < 1.29 is 9.47 Å². The Morgan fingerprint density at radius 2 is 2.33 bits per heavy atom. The molecule has 0 bridgehead atoms. The molecule has 1 aromatic heterocycles. The van der Waals surface area contributed by atoms with Crippen molar-refractivity contribution >= 4 is 0 Å². The second-order valence-corrected chi connectivity index (χ2v) is 3.57. The van der Waals surface area contributed by atoms with Crippen molar-refractivity contribution in [1.29, 1.82) is 0 Å². The molecule has 0 aliphatic carbocycles. The Bertz CT molecular complexity index is 337. The standard InChI is InChI=1S/C10H15N3O2/c1-7-5-9(14-2)13-10(12-7)15-8-3-4-11-6-8/h5,8,11H,3-4,6H2,1-2H3/t8-/m1/s1. The van der Waals surface area contributed by atoms with Crippen LogP contribution in [0.3, 0.4) is 0 Å². The van der Waals surface area contributed by atoms with Crippen LogP contribution in [0.4, 0.5) is 0 Å². The van der Waals surface area contributed by atoms with Gasteiger partial charge >= 0.3 is 6.01 Å². The van der Waals surface area contributed by atoms with E-state index in [1.807, 2.05) is 6.92 Å². The first-order valence-electron chi connectivity index (χ1n) is 5.05. The molecule has 5 heteroatoms. The van der Waals surface area contributed by atoms with E-state index in [9.17, 15) is 0 Å². The molecule has 1 aliphatic heterocycles. The van der Waals surface area contributed by atoms with Crippen LogP contribution in [-0.4, -0.2) is 36.3 Å². The van der Waals surface area contributed by atoms with Crippen molar-refractivity contribution in [3.05, 3.63) is 11.8 Å². The van der Waals surface area contributed by atoms with Crippen LogP contribution in [0.1, 0.15) is 12.1 Å². The average molecular weight is 209 g/mol. The number of aromatic nitrogens is 2. The van der Waals surface area contributed by atoms with Gasteiger partial charge in [-0.3, -0.25) is 0 Å². The molecule has 0 aromatic carbocycles. The normalized spacial score (nSPS) is 20.3. The van der Waals surface area contributed by atoms with Gasteiger partial charge in [-0.1, -0.05) is 0 Å². The molecule has 0 spiro atoms. The number of nitrogens with zero attached hydrogens (tertiary/aromatic N) is 2. The van der Waals surface area contributed by atoms with Gasteiger partial charge in [0.15, 0.2) is 0 Å². The highest BCUT2D eigenvalue weighted by atomic mass is 16.5. The van der Waals surface area contributed by atoms with E-state index < -0.39 is 0 Å². The third kappa shape index (κ3) is 2.56. The van der Waals surface area contributed by atoms with E-state index in [0.29, 0.717) is 11.9 Å². The second kappa shape index (κ2) is 4.44. The van der Waals surface area contributed by atoms with Gasteiger partial charge in [0.2, 0.25) is 5.88 Å². The minimum atomic E-state index is 0.177. The molecule has 1 fully saturated rings. The maximum absolute atomic E-state index is 5.63. The molecule has 0 unspecified atom stereocenters. The predicted octanol–water partition coefficient (Wildman–Crippen LogP) is 0.534. The maximum Gasteiger partial charge on any atom is 0.320 e. The van der Waals surface area contributed by atoms with Crippen LogP contribution in [0.5, 0.6) is 11.9 Å². The summed E-state index contributed by atoms with van der Waals surface area (Å²) in [4.78, 5) is 8.34. The van der Waals surface area contributed by atoms with Crippen LogP contribution >= 0.6 is 0 Å². The van der Waals surface area contributed by atoms with Crippen molar-refractivity contribution in [2.75, 3.05) is 20.2 Å². The summed E-state index contributed by atoms with van der Waals surface area (Å²) in [6, 6.07) is 2.18. The van der Waals surface area contributed by atoms with E-state index >= 15 is 0 Å². The summed E-state index contributed by atoms with van der Waals surface area (Å²) in [5.74, 6) is 0.545. The molecule has 0 saturated carbocycles. The van der Waals surface area contributed by atoms with E-state index in [0.717, 1.165) is 25.2 Å². The topological polar surface area (TPSA) is 56.3 Å². The van der Waals surface area contributed by atoms with Gasteiger partial charge in [0.25, 0.3) is 0 Å². The fourth-order valence-corrected chi connectivity index (χ4v) is 1.55. The summed E-state index contributed by atoms with van der Waals surface area (Å²) in [7, 11) is 1.59. The van der Waals surface area contributed by atoms with Crippen molar-refractivity contribution in [3.8, 4) is 11.9 Å². The lowest BCUT2D eigenvalue weighted by Crippen LogP contribution is -2.20. The van der Waals surface area contributed by atoms with E-state index in [4.69, 9.17) is 9.47 Å². The van der Waals surface area contributed by atoms with Gasteiger partial charge in [-0.2, -0.15) is 4.98 Å². The number of aryl methyl sites for hydroxylation is 1. The Morgan fingerprint density at radius 1 is 1.47 bits per heavy atom. The highest BCUT2D eigenvalue weighted by molar-refractivity contribution is 5.17. The van der Waals surface area contributed by atoms with Crippen molar-refractivity contribution in [2.24, 2.45) is 0 Å². The van der Waals surface area contributed by atoms with Gasteiger partial charge in [-0.05, 0) is 19.9 Å². The molecule has 15 heavy (non-hydrogen) atoms. The average Bonchev–Trinajstić information content (AvgIpc) is 2.69. The molecule has 2 rings (SSSR count). The molecular formula is C10H15N3O2. The molecule has 5 nitrogen and oxygen atoms in total. The number of ether oxygens (including phenoxy) is 2. The van der Waals surface area contributed by atoms with Gasteiger partial charge in [0.1, 0.15) is 6.10 Å². The lowest BCUT2D eigenvalue weighted by Gasteiger charge is -2.11. The number of nitrogens with one attached hydrogen (secondary N) is 1. The van der Waals surface area contributed by atoms with E-state index in [2.05, 4.69) is 15.3 Å². The number of hydrogen-bond donors (Lipinski definition) is 1. The fraction of sp³-hybridized carbons (Fsp3) is 0.600. The van der Waals surface area contributed by atoms with Crippen LogP contribution in [-0.2, 0) is 0 Å². The van der Waals surface area contributed by atoms with Crippen LogP contribution in [0.2, 0.25) is 0 Å². The first-order valence-corrected chi connectivity index (χ1v) is 5.05. The molecule has 1 saturated heterocycles. The third-order valence-corrected chi connectivity index (χ3v) is 2.31. The summed E-state index contributed by atoms with van der Waals surface area (Å²) >= 11 is 0. The highest BCUT2D eigenvalue weighted by Gasteiger charge is 2.17. The molecule has 1 N–H and O–H groups in total. The summed E-state index contributed by atoms with van der Waals surface area (Å²) in [6.07, 6.45) is 1.18. The Labute approximate surface area is 88.8 Å². The van der Waals surface area contributed by atoms with Crippen LogP contribution in [0.15, 0.2) is 6.07 Å². The Kier molecular flexibility index (Phi) is 3.01. The molecule has 0 amide bonds. The number of hydrogen-bond acceptors (Lipinski definition) is 5. The Balaban J connectivity index is 2.09. The highest BCUT2D eigenvalue weighted by Crippen LogP contribution is 2.15. The zero-order valence-electron chi connectivity index (χ0n) is 8.99. The molecule has 2 heterocycles. The van der Waals surface area contributed by atoms with Crippen LogP contribution < -0.4 is 14.8 Å². The first-order chi connectivity index (χ1) is 7.28. The largest absolute Gasteiger partial charge is 0.481 e. The zero-order valence-corrected chi connectivity index (χ0v) is 8.99. The fourth-order valence-electron chi connectivity index (χ4n) is 1.55. The summed E-state index contributed by atoms with van der Waals surface area (Å²) in [6.45, 7) is 3.75. The SMILES string of the molecule is COc1cc(C)nc(O[C@@H]2CCNC2)n1. The quantitative estimate of drug-likeness (QED) is 0.787. The molecular weight excluding hydrogens is 194 g/mol. The van der Waals surface area contributed by atoms with Crippen LogP contribution in [0.25, 0.3) is 0 Å². The van der Waals surface area contributed by atoms with Gasteiger partial charge in [0, 0.05) is 18.3 Å². The lowest BCUT2D eigenvalue weighted by atomic mass is 10.3. The summed E-state index contributed by atoms with van der Waals surface area (Å²) in [5.41, 5.74) is 0.850. The predicted molar refractivity (Wildman–Crippen MR) is 55.2 cm³/mol. The van der Waals surface area contributed by atoms with Gasteiger partial charge in [-0.25, -0.2) is 4.98 Å². The van der Waals surface area contributed by atoms with E-state index in [1.54, 1.807) is 13.2 Å². The molecule has 0 radical (unpaired) electrons. The minimum absolute atomic E-state index is 0.177. The molecule has 1 aliphatic rings. The minimum Gasteiger partial charge on any atom is -0.481 e. The van der Waals surface area contributed by atoms with E-state index in [-0.39, 0.29) is 6.10 Å². The molecule has 1 atom stereocenters. The number of rotatable bonds is 3. The van der Waals surface area contributed by atoms with Crippen molar-refractivity contribution in [1.82, 2.24) is 15.3 Å². The van der Waals surface area contributed by atoms with Gasteiger partial charge in [-0.15, -0.1) is 0 Å². The van der Waals surface area contributed by atoms with Crippen molar-refractivity contribution in [3.63, 3.8) is 0 Å². The zero-order chi connectivity index (χ0) is 10.7. The first kappa shape index (κ1) is 10.2. The van der Waals surface area contributed by atoms with Gasteiger partial charge in [0.05, 0.1) is 7.11 Å². The second-order valence-electron chi connectivity index (χ2n) is 3.57. The smallest absolute Gasteiger partial charge is 0.320 e. The monoisotopic (exact) mass is 209 g/mol. The van der Waals surface area contributed by atoms with Gasteiger partial charge < -0.3 is 14.8 Å². The number of methoxy groups -OCH3 is 1.